The SMILES string of the molecule is CCC(C)N(CC)C(=O)NC(Cc1cnc[nH]1)C(=O)O. The van der Waals surface area contributed by atoms with Crippen LogP contribution in [0.15, 0.2) is 12.5 Å². The zero-order valence-corrected chi connectivity index (χ0v) is 12.1. The number of carbonyl (C=O) groups excluding carboxylic acids is 1. The summed E-state index contributed by atoms with van der Waals surface area (Å²) in [7, 11) is 0. The van der Waals surface area contributed by atoms with Crippen molar-refractivity contribution in [2.24, 2.45) is 0 Å². The van der Waals surface area contributed by atoms with Crippen LogP contribution in [-0.2, 0) is 11.2 Å². The maximum absolute atomic E-state index is 12.1. The van der Waals surface area contributed by atoms with Crippen LogP contribution in [0.1, 0.15) is 32.9 Å². The Morgan fingerprint density at radius 2 is 2.20 bits per heavy atom. The number of amides is 2. The van der Waals surface area contributed by atoms with E-state index in [-0.39, 0.29) is 18.5 Å². The highest BCUT2D eigenvalue weighted by atomic mass is 16.4. The summed E-state index contributed by atoms with van der Waals surface area (Å²) in [5.74, 6) is -1.06. The molecule has 0 aliphatic carbocycles. The van der Waals surface area contributed by atoms with Crippen molar-refractivity contribution in [1.82, 2.24) is 20.2 Å². The minimum atomic E-state index is -1.06. The first-order valence-electron chi connectivity index (χ1n) is 6.76. The van der Waals surface area contributed by atoms with E-state index in [4.69, 9.17) is 0 Å². The Morgan fingerprint density at radius 3 is 2.65 bits per heavy atom. The van der Waals surface area contributed by atoms with Crippen LogP contribution >= 0.6 is 0 Å². The Balaban J connectivity index is 2.69. The third kappa shape index (κ3) is 4.25. The molecular formula is C13H22N4O3. The second-order valence-corrected chi connectivity index (χ2v) is 4.66. The molecule has 1 aromatic heterocycles. The molecule has 0 bridgehead atoms. The van der Waals surface area contributed by atoms with Crippen molar-refractivity contribution >= 4 is 12.0 Å². The van der Waals surface area contributed by atoms with E-state index < -0.39 is 12.0 Å². The molecule has 1 aromatic rings. The fraction of sp³-hybridized carbons (Fsp3) is 0.615. The van der Waals surface area contributed by atoms with Gasteiger partial charge in [0.05, 0.1) is 6.33 Å². The molecule has 7 nitrogen and oxygen atoms in total. The summed E-state index contributed by atoms with van der Waals surface area (Å²) < 4.78 is 0. The minimum Gasteiger partial charge on any atom is -0.480 e. The first kappa shape index (κ1) is 16.0. The molecule has 7 heteroatoms. The predicted molar refractivity (Wildman–Crippen MR) is 74.4 cm³/mol. The van der Waals surface area contributed by atoms with Crippen molar-refractivity contribution in [3.05, 3.63) is 18.2 Å². The van der Waals surface area contributed by atoms with E-state index in [1.807, 2.05) is 20.8 Å². The quantitative estimate of drug-likeness (QED) is 0.700. The highest BCUT2D eigenvalue weighted by Crippen LogP contribution is 2.05. The van der Waals surface area contributed by atoms with Gasteiger partial charge in [-0.25, -0.2) is 14.6 Å². The van der Waals surface area contributed by atoms with Crippen molar-refractivity contribution in [2.45, 2.75) is 45.7 Å². The van der Waals surface area contributed by atoms with Gasteiger partial charge in [0.15, 0.2) is 0 Å². The largest absolute Gasteiger partial charge is 0.480 e. The maximum atomic E-state index is 12.1. The Kier molecular flexibility index (Phi) is 6.02. The Hall–Kier alpha value is -2.05. The normalized spacial score (nSPS) is 13.6. The standard InChI is InChI=1S/C13H22N4O3/c1-4-9(3)17(5-2)13(20)16-11(12(18)19)6-10-7-14-8-15-10/h7-9,11H,4-6H2,1-3H3,(H,14,15)(H,16,20)(H,18,19). The lowest BCUT2D eigenvalue weighted by molar-refractivity contribution is -0.139. The number of hydrogen-bond donors (Lipinski definition) is 3. The molecule has 1 heterocycles. The Bertz CT molecular complexity index is 433. The third-order valence-electron chi connectivity index (χ3n) is 3.30. The summed E-state index contributed by atoms with van der Waals surface area (Å²) >= 11 is 0. The number of aromatic nitrogens is 2. The molecule has 0 spiro atoms. The number of hydrogen-bond acceptors (Lipinski definition) is 3. The summed E-state index contributed by atoms with van der Waals surface area (Å²) in [4.78, 5) is 31.7. The number of aromatic amines is 1. The number of urea groups is 1. The predicted octanol–water partition coefficient (Wildman–Crippen LogP) is 1.24. The molecule has 0 saturated carbocycles. The van der Waals surface area contributed by atoms with E-state index in [2.05, 4.69) is 15.3 Å². The number of imidazole rings is 1. The minimum absolute atomic E-state index is 0.0709. The second-order valence-electron chi connectivity index (χ2n) is 4.66. The van der Waals surface area contributed by atoms with Gasteiger partial charge in [-0.3, -0.25) is 0 Å². The number of nitrogens with zero attached hydrogens (tertiary/aromatic N) is 2. The van der Waals surface area contributed by atoms with E-state index in [1.54, 1.807) is 11.1 Å². The van der Waals surface area contributed by atoms with Crippen LogP contribution in [0.2, 0.25) is 0 Å². The fourth-order valence-corrected chi connectivity index (χ4v) is 1.92. The van der Waals surface area contributed by atoms with Gasteiger partial charge in [0.1, 0.15) is 6.04 Å². The summed E-state index contributed by atoms with van der Waals surface area (Å²) in [5, 5.41) is 11.8. The highest BCUT2D eigenvalue weighted by molar-refractivity contribution is 5.82. The van der Waals surface area contributed by atoms with E-state index in [0.717, 1.165) is 6.42 Å². The Labute approximate surface area is 118 Å². The van der Waals surface area contributed by atoms with Crippen molar-refractivity contribution in [3.63, 3.8) is 0 Å². The van der Waals surface area contributed by atoms with Crippen LogP contribution in [-0.4, -0.2) is 50.6 Å². The molecule has 3 N–H and O–H groups in total. The average Bonchev–Trinajstić information content (AvgIpc) is 2.91. The monoisotopic (exact) mass is 282 g/mol. The van der Waals surface area contributed by atoms with E-state index in [9.17, 15) is 14.7 Å². The molecule has 2 amide bonds. The van der Waals surface area contributed by atoms with Crippen molar-refractivity contribution in [3.8, 4) is 0 Å². The van der Waals surface area contributed by atoms with Crippen molar-refractivity contribution < 1.29 is 14.7 Å². The van der Waals surface area contributed by atoms with E-state index in [1.165, 1.54) is 6.33 Å². The van der Waals surface area contributed by atoms with Crippen molar-refractivity contribution in [1.29, 1.82) is 0 Å². The third-order valence-corrected chi connectivity index (χ3v) is 3.30. The van der Waals surface area contributed by atoms with E-state index >= 15 is 0 Å². The van der Waals surface area contributed by atoms with Crippen molar-refractivity contribution in [2.75, 3.05) is 6.54 Å². The lowest BCUT2D eigenvalue weighted by Gasteiger charge is -2.28. The van der Waals surface area contributed by atoms with Gasteiger partial charge in [-0.05, 0) is 20.3 Å². The first-order valence-corrected chi connectivity index (χ1v) is 6.76. The van der Waals surface area contributed by atoms with Crippen LogP contribution in [0.4, 0.5) is 4.79 Å². The summed E-state index contributed by atoms with van der Waals surface area (Å²) in [5.41, 5.74) is 0.671. The molecule has 0 aliphatic rings. The topological polar surface area (TPSA) is 98.3 Å². The zero-order chi connectivity index (χ0) is 15.1. The van der Waals surface area contributed by atoms with Gasteiger partial charge >= 0.3 is 12.0 Å². The van der Waals surface area contributed by atoms with Crippen LogP contribution in [0.5, 0.6) is 0 Å². The lowest BCUT2D eigenvalue weighted by Crippen LogP contribution is -2.51. The molecule has 0 radical (unpaired) electrons. The first-order chi connectivity index (χ1) is 9.49. The molecule has 2 unspecified atom stereocenters. The van der Waals surface area contributed by atoms with Crippen LogP contribution < -0.4 is 5.32 Å². The summed E-state index contributed by atoms with van der Waals surface area (Å²) in [6, 6.07) is -1.25. The summed E-state index contributed by atoms with van der Waals surface area (Å²) in [6.45, 7) is 6.33. The number of carboxylic acids is 1. The van der Waals surface area contributed by atoms with Crippen LogP contribution in [0, 0.1) is 0 Å². The molecule has 0 aliphatic heterocycles. The molecule has 0 fully saturated rings. The molecule has 1 rings (SSSR count). The zero-order valence-electron chi connectivity index (χ0n) is 12.1. The smallest absolute Gasteiger partial charge is 0.326 e. The highest BCUT2D eigenvalue weighted by Gasteiger charge is 2.25. The second kappa shape index (κ2) is 7.52. The fourth-order valence-electron chi connectivity index (χ4n) is 1.92. The van der Waals surface area contributed by atoms with Crippen LogP contribution in [0.3, 0.4) is 0 Å². The average molecular weight is 282 g/mol. The molecule has 112 valence electrons. The van der Waals surface area contributed by atoms with Gasteiger partial charge in [0.2, 0.25) is 0 Å². The molecule has 0 aromatic carbocycles. The van der Waals surface area contributed by atoms with Gasteiger partial charge in [0, 0.05) is 30.9 Å². The molecule has 0 saturated heterocycles. The van der Waals surface area contributed by atoms with Gasteiger partial charge in [-0.2, -0.15) is 0 Å². The lowest BCUT2D eigenvalue weighted by atomic mass is 10.1. The molecular weight excluding hydrogens is 260 g/mol. The number of nitrogens with one attached hydrogen (secondary N) is 2. The summed E-state index contributed by atoms with van der Waals surface area (Å²) in [6.07, 6.45) is 4.03. The van der Waals surface area contributed by atoms with Gasteiger partial charge < -0.3 is 20.3 Å². The number of aliphatic carboxylic acids is 1. The van der Waals surface area contributed by atoms with Gasteiger partial charge in [-0.1, -0.05) is 6.92 Å². The molecule has 20 heavy (non-hydrogen) atoms. The number of H-pyrrole nitrogens is 1. The molecule has 2 atom stereocenters. The maximum Gasteiger partial charge on any atom is 0.326 e. The van der Waals surface area contributed by atoms with E-state index in [0.29, 0.717) is 12.2 Å². The van der Waals surface area contributed by atoms with Crippen LogP contribution in [0.25, 0.3) is 0 Å². The Morgan fingerprint density at radius 1 is 1.50 bits per heavy atom. The number of carboxylic acid groups (broad SMARTS) is 1. The number of carbonyl (C=O) groups is 2. The van der Waals surface area contributed by atoms with Gasteiger partial charge in [0.25, 0.3) is 0 Å². The number of rotatable bonds is 7. The van der Waals surface area contributed by atoms with Gasteiger partial charge in [-0.15, -0.1) is 0 Å².